The van der Waals surface area contributed by atoms with Gasteiger partial charge in [0.25, 0.3) is 0 Å². The fourth-order valence-electron chi connectivity index (χ4n) is 2.01. The van der Waals surface area contributed by atoms with E-state index < -0.39 is 0 Å². The maximum Gasteiger partial charge on any atom is 0.246 e. The molecule has 104 valence electrons. The molecule has 1 aromatic heterocycles. The van der Waals surface area contributed by atoms with Gasteiger partial charge in [0.2, 0.25) is 11.8 Å². The lowest BCUT2D eigenvalue weighted by Crippen LogP contribution is -2.36. The van der Waals surface area contributed by atoms with Gasteiger partial charge >= 0.3 is 0 Å². The molecule has 19 heavy (non-hydrogen) atoms. The minimum absolute atomic E-state index is 0.107. The van der Waals surface area contributed by atoms with Crippen LogP contribution in [0.1, 0.15) is 36.9 Å². The summed E-state index contributed by atoms with van der Waals surface area (Å²) in [6.45, 7) is 7.19. The van der Waals surface area contributed by atoms with Gasteiger partial charge in [-0.3, -0.25) is 14.5 Å². The standard InChI is InChI=1S/C14H20N2O2S/c1-14(2,3)11-6-5-9(19-11)8-15-10-7-12(17)16(4)13(10)18/h5-6,10,15H,7-8H2,1-4H3. The fourth-order valence-corrected chi connectivity index (χ4v) is 3.03. The topological polar surface area (TPSA) is 49.4 Å². The second-order valence-electron chi connectivity index (χ2n) is 5.94. The molecule has 2 heterocycles. The van der Waals surface area contributed by atoms with Crippen LogP contribution in [0.4, 0.5) is 0 Å². The smallest absolute Gasteiger partial charge is 0.246 e. The molecule has 1 aromatic rings. The molecule has 1 unspecified atom stereocenters. The Morgan fingerprint density at radius 1 is 1.37 bits per heavy atom. The SMILES string of the molecule is CN1C(=O)CC(NCc2ccc(C(C)(C)C)s2)C1=O. The summed E-state index contributed by atoms with van der Waals surface area (Å²) in [5.74, 6) is -0.235. The molecule has 1 N–H and O–H groups in total. The Morgan fingerprint density at radius 2 is 2.05 bits per heavy atom. The monoisotopic (exact) mass is 280 g/mol. The van der Waals surface area contributed by atoms with Crippen molar-refractivity contribution in [3.8, 4) is 0 Å². The van der Waals surface area contributed by atoms with Crippen molar-refractivity contribution < 1.29 is 9.59 Å². The van der Waals surface area contributed by atoms with Gasteiger partial charge in [-0.1, -0.05) is 20.8 Å². The Bertz CT molecular complexity index is 502. The van der Waals surface area contributed by atoms with Crippen molar-refractivity contribution in [1.29, 1.82) is 0 Å². The summed E-state index contributed by atoms with van der Waals surface area (Å²) in [6.07, 6.45) is 0.271. The van der Waals surface area contributed by atoms with Crippen LogP contribution in [-0.2, 0) is 21.5 Å². The van der Waals surface area contributed by atoms with E-state index in [-0.39, 0.29) is 29.7 Å². The van der Waals surface area contributed by atoms with Crippen molar-refractivity contribution in [1.82, 2.24) is 10.2 Å². The van der Waals surface area contributed by atoms with E-state index in [2.05, 4.69) is 38.2 Å². The van der Waals surface area contributed by atoms with Gasteiger partial charge in [-0.25, -0.2) is 0 Å². The summed E-state index contributed by atoms with van der Waals surface area (Å²) in [4.78, 5) is 26.9. The maximum absolute atomic E-state index is 11.7. The molecule has 1 saturated heterocycles. The van der Waals surface area contributed by atoms with Crippen LogP contribution in [0, 0.1) is 0 Å². The third-order valence-electron chi connectivity index (χ3n) is 3.31. The number of nitrogens with one attached hydrogen (secondary N) is 1. The number of rotatable bonds is 3. The number of likely N-dealkylation sites (N-methyl/N-ethyl adjacent to an activating group) is 1. The highest BCUT2D eigenvalue weighted by atomic mass is 32.1. The molecule has 0 spiro atoms. The van der Waals surface area contributed by atoms with Crippen molar-refractivity contribution >= 4 is 23.2 Å². The number of hydrogen-bond acceptors (Lipinski definition) is 4. The summed E-state index contributed by atoms with van der Waals surface area (Å²) in [6, 6.07) is 3.86. The van der Waals surface area contributed by atoms with Crippen LogP contribution in [0.5, 0.6) is 0 Å². The third kappa shape index (κ3) is 3.04. The molecule has 0 saturated carbocycles. The van der Waals surface area contributed by atoms with Gasteiger partial charge < -0.3 is 5.32 Å². The predicted molar refractivity (Wildman–Crippen MR) is 76.0 cm³/mol. The molecule has 2 amide bonds. The number of thiophene rings is 1. The van der Waals surface area contributed by atoms with E-state index in [1.165, 1.54) is 21.7 Å². The highest BCUT2D eigenvalue weighted by Crippen LogP contribution is 2.29. The Balaban J connectivity index is 1.95. The molecule has 0 bridgehead atoms. The first kappa shape index (κ1) is 14.2. The minimum Gasteiger partial charge on any atom is -0.300 e. The van der Waals surface area contributed by atoms with Gasteiger partial charge in [0.1, 0.15) is 0 Å². The Morgan fingerprint density at radius 3 is 2.53 bits per heavy atom. The van der Waals surface area contributed by atoms with E-state index in [4.69, 9.17) is 0 Å². The Hall–Kier alpha value is -1.20. The zero-order chi connectivity index (χ0) is 14.2. The van der Waals surface area contributed by atoms with Crippen molar-refractivity contribution in [2.24, 2.45) is 0 Å². The molecule has 0 aromatic carbocycles. The highest BCUT2D eigenvalue weighted by Gasteiger charge is 2.35. The molecule has 0 radical (unpaired) electrons. The van der Waals surface area contributed by atoms with Gasteiger partial charge in [0.05, 0.1) is 12.5 Å². The number of amides is 2. The number of hydrogen-bond donors (Lipinski definition) is 1. The third-order valence-corrected chi connectivity index (χ3v) is 4.82. The zero-order valence-electron chi connectivity index (χ0n) is 11.8. The molecule has 5 heteroatoms. The number of imide groups is 1. The lowest BCUT2D eigenvalue weighted by Gasteiger charge is -2.15. The second-order valence-corrected chi connectivity index (χ2v) is 7.11. The molecule has 4 nitrogen and oxygen atoms in total. The van der Waals surface area contributed by atoms with Gasteiger partial charge in [-0.05, 0) is 17.5 Å². The quantitative estimate of drug-likeness (QED) is 0.860. The summed E-state index contributed by atoms with van der Waals surface area (Å²) in [7, 11) is 1.54. The lowest BCUT2D eigenvalue weighted by molar-refractivity contribution is -0.137. The van der Waals surface area contributed by atoms with Crippen LogP contribution in [0.25, 0.3) is 0 Å². The molecular weight excluding hydrogens is 260 g/mol. The highest BCUT2D eigenvalue weighted by molar-refractivity contribution is 7.12. The molecule has 1 fully saturated rings. The summed E-state index contributed by atoms with van der Waals surface area (Å²) < 4.78 is 0. The molecule has 2 rings (SSSR count). The lowest BCUT2D eigenvalue weighted by atomic mass is 9.95. The predicted octanol–water partition coefficient (Wildman–Crippen LogP) is 1.89. The van der Waals surface area contributed by atoms with Crippen LogP contribution in [0.15, 0.2) is 12.1 Å². The average Bonchev–Trinajstić information content (AvgIpc) is 2.88. The Kier molecular flexibility index (Phi) is 3.78. The number of carbonyl (C=O) groups excluding carboxylic acids is 2. The maximum atomic E-state index is 11.7. The van der Waals surface area contributed by atoms with Gasteiger partial charge in [0, 0.05) is 23.3 Å². The van der Waals surface area contributed by atoms with Crippen molar-refractivity contribution in [2.45, 2.75) is 45.2 Å². The van der Waals surface area contributed by atoms with Gasteiger partial charge in [-0.2, -0.15) is 0 Å². The zero-order valence-corrected chi connectivity index (χ0v) is 12.6. The number of likely N-dealkylation sites (tertiary alicyclic amines) is 1. The van der Waals surface area contributed by atoms with E-state index in [1.54, 1.807) is 11.3 Å². The van der Waals surface area contributed by atoms with E-state index in [0.717, 1.165) is 0 Å². The van der Waals surface area contributed by atoms with Gasteiger partial charge in [-0.15, -0.1) is 11.3 Å². The first-order chi connectivity index (χ1) is 8.79. The van der Waals surface area contributed by atoms with Crippen LogP contribution in [0.3, 0.4) is 0 Å². The van der Waals surface area contributed by atoms with Crippen LogP contribution >= 0.6 is 11.3 Å². The molecule has 1 aliphatic heterocycles. The number of carbonyl (C=O) groups is 2. The van der Waals surface area contributed by atoms with Crippen molar-refractivity contribution in [3.63, 3.8) is 0 Å². The van der Waals surface area contributed by atoms with Crippen molar-refractivity contribution in [2.75, 3.05) is 7.05 Å². The molecule has 1 atom stereocenters. The van der Waals surface area contributed by atoms with Gasteiger partial charge in [0.15, 0.2) is 0 Å². The summed E-state index contributed by atoms with van der Waals surface area (Å²) in [5, 5.41) is 3.17. The first-order valence-corrected chi connectivity index (χ1v) is 7.23. The molecule has 0 aliphatic carbocycles. The summed E-state index contributed by atoms with van der Waals surface area (Å²) >= 11 is 1.75. The molecule has 1 aliphatic rings. The number of nitrogens with zero attached hydrogens (tertiary/aromatic N) is 1. The average molecular weight is 280 g/mol. The van der Waals surface area contributed by atoms with Crippen LogP contribution in [0.2, 0.25) is 0 Å². The second kappa shape index (κ2) is 5.06. The van der Waals surface area contributed by atoms with E-state index >= 15 is 0 Å². The fraction of sp³-hybridized carbons (Fsp3) is 0.571. The van der Waals surface area contributed by atoms with Crippen LogP contribution < -0.4 is 5.32 Å². The summed E-state index contributed by atoms with van der Waals surface area (Å²) in [5.41, 5.74) is 0.155. The normalized spacial score (nSPS) is 20.4. The van der Waals surface area contributed by atoms with E-state index in [1.807, 2.05) is 0 Å². The first-order valence-electron chi connectivity index (χ1n) is 6.42. The van der Waals surface area contributed by atoms with E-state index in [9.17, 15) is 9.59 Å². The van der Waals surface area contributed by atoms with Crippen LogP contribution in [-0.4, -0.2) is 29.8 Å². The van der Waals surface area contributed by atoms with Crippen molar-refractivity contribution in [3.05, 3.63) is 21.9 Å². The molecular formula is C14H20N2O2S. The largest absolute Gasteiger partial charge is 0.300 e. The minimum atomic E-state index is -0.363. The Labute approximate surface area is 117 Å². The van der Waals surface area contributed by atoms with E-state index in [0.29, 0.717) is 6.54 Å².